The molecule has 0 spiro atoms. The minimum absolute atomic E-state index is 0. The largest absolute Gasteiger partial charge is 0.183 e. The van der Waals surface area contributed by atoms with E-state index in [-0.39, 0.29) is 35.6 Å². The van der Waals surface area contributed by atoms with Gasteiger partial charge in [0.2, 0.25) is 0 Å². The van der Waals surface area contributed by atoms with Gasteiger partial charge < -0.3 is 0 Å². The summed E-state index contributed by atoms with van der Waals surface area (Å²) in [6.45, 7) is 0. The molecule has 2 rings (SSSR count). The van der Waals surface area contributed by atoms with Crippen molar-refractivity contribution < 1.29 is 35.6 Å². The molecule has 0 saturated heterocycles. The Balaban J connectivity index is 0.000000845. The summed E-state index contributed by atoms with van der Waals surface area (Å²) < 4.78 is 0. The first-order valence-corrected chi connectivity index (χ1v) is 3.98. The molecule has 0 aliphatic rings. The number of hydrogen-bond donors (Lipinski definition) is 0. The molecule has 0 aliphatic heterocycles. The first-order valence-electron chi connectivity index (χ1n) is 3.98. The predicted octanol–water partition coefficient (Wildman–Crippen LogP) is 3.15. The number of rotatable bonds is 1. The molecule has 0 bridgehead atoms. The van der Waals surface area contributed by atoms with Crippen molar-refractivity contribution in [2.24, 2.45) is 0 Å². The molecule has 13 heavy (non-hydrogen) atoms. The Morgan fingerprint density at radius 3 is 2.08 bits per heavy atom. The summed E-state index contributed by atoms with van der Waals surface area (Å²) in [4.78, 5) is 0. The maximum absolute atomic E-state index is 3.06. The molecule has 0 N–H and O–H groups in total. The Morgan fingerprint density at radius 1 is 0.769 bits per heavy atom. The normalized spacial score (nSPS) is 8.92. The van der Waals surface area contributed by atoms with E-state index in [0.717, 1.165) is 0 Å². The summed E-state index contributed by atoms with van der Waals surface area (Å²) in [6, 6.07) is 21.4. The van der Waals surface area contributed by atoms with Gasteiger partial charge in [0, 0.05) is 35.6 Å². The first kappa shape index (κ1) is 10.7. The second-order valence-electron chi connectivity index (χ2n) is 2.66. The van der Waals surface area contributed by atoms with E-state index in [1.54, 1.807) is 0 Å². The molecule has 0 heterocycles. The maximum atomic E-state index is 3.06. The van der Waals surface area contributed by atoms with Crippen LogP contribution >= 0.6 is 0 Å². The molecule has 0 amide bonds. The molecule has 0 saturated carbocycles. The standard InChI is InChI=1S/C12H9.La/c1-3-7-11(8-4-1)12-9-5-2-6-10-12;/h1-5,7-10H;/q-1;. The molecule has 0 nitrogen and oxygen atoms in total. The van der Waals surface area contributed by atoms with Crippen LogP contribution in [0, 0.1) is 41.7 Å². The van der Waals surface area contributed by atoms with E-state index in [2.05, 4.69) is 24.3 Å². The van der Waals surface area contributed by atoms with Crippen molar-refractivity contribution in [1.29, 1.82) is 0 Å². The van der Waals surface area contributed by atoms with Crippen LogP contribution in [0.25, 0.3) is 11.1 Å². The van der Waals surface area contributed by atoms with Gasteiger partial charge in [-0.25, -0.2) is 0 Å². The zero-order valence-electron chi connectivity index (χ0n) is 7.27. The van der Waals surface area contributed by atoms with Crippen molar-refractivity contribution in [3.63, 3.8) is 0 Å². The molecule has 0 aliphatic carbocycles. The van der Waals surface area contributed by atoms with Gasteiger partial charge in [-0.2, -0.15) is 30.3 Å². The van der Waals surface area contributed by atoms with Crippen LogP contribution in [0.3, 0.4) is 0 Å². The van der Waals surface area contributed by atoms with E-state index >= 15 is 0 Å². The van der Waals surface area contributed by atoms with Gasteiger partial charge in [-0.15, -0.1) is 5.56 Å². The van der Waals surface area contributed by atoms with E-state index < -0.39 is 0 Å². The maximum Gasteiger partial charge on any atom is 0 e. The Hall–Kier alpha value is -0.365. The monoisotopic (exact) mass is 292 g/mol. The molecular formula is C12H9La-. The fourth-order valence-corrected chi connectivity index (χ4v) is 1.20. The van der Waals surface area contributed by atoms with Crippen LogP contribution in [0.2, 0.25) is 0 Å². The third kappa shape index (κ3) is 2.80. The van der Waals surface area contributed by atoms with Gasteiger partial charge >= 0.3 is 0 Å². The van der Waals surface area contributed by atoms with Gasteiger partial charge in [0.05, 0.1) is 0 Å². The Kier molecular flexibility index (Phi) is 4.44. The van der Waals surface area contributed by atoms with Crippen molar-refractivity contribution in [3.8, 4) is 11.1 Å². The SMILES string of the molecule is [La].[c-]1cccc(-c2ccccc2)c1. The fourth-order valence-electron chi connectivity index (χ4n) is 1.20. The zero-order chi connectivity index (χ0) is 8.23. The van der Waals surface area contributed by atoms with E-state index in [0.29, 0.717) is 0 Å². The number of benzene rings is 2. The minimum atomic E-state index is 0. The van der Waals surface area contributed by atoms with Crippen LogP contribution in [-0.4, -0.2) is 0 Å². The second-order valence-corrected chi connectivity index (χ2v) is 2.66. The van der Waals surface area contributed by atoms with Gasteiger partial charge in [-0.1, -0.05) is 35.9 Å². The van der Waals surface area contributed by atoms with Crippen molar-refractivity contribution in [2.75, 3.05) is 0 Å². The molecule has 1 radical (unpaired) electrons. The van der Waals surface area contributed by atoms with Crippen LogP contribution in [-0.2, 0) is 0 Å². The van der Waals surface area contributed by atoms with E-state index in [1.807, 2.05) is 36.4 Å². The van der Waals surface area contributed by atoms with Crippen LogP contribution in [0.15, 0.2) is 54.6 Å². The average molecular weight is 292 g/mol. The van der Waals surface area contributed by atoms with E-state index in [4.69, 9.17) is 0 Å². The molecule has 0 unspecified atom stereocenters. The molecule has 0 fully saturated rings. The Morgan fingerprint density at radius 2 is 1.46 bits per heavy atom. The summed E-state index contributed by atoms with van der Waals surface area (Å²) >= 11 is 0. The van der Waals surface area contributed by atoms with Gasteiger partial charge in [-0.05, 0) is 0 Å². The summed E-state index contributed by atoms with van der Waals surface area (Å²) in [5, 5.41) is 0. The topological polar surface area (TPSA) is 0 Å². The quantitative estimate of drug-likeness (QED) is 0.708. The molecule has 2 aromatic rings. The zero-order valence-corrected chi connectivity index (χ0v) is 10.9. The minimum Gasteiger partial charge on any atom is -0.183 e. The van der Waals surface area contributed by atoms with E-state index in [9.17, 15) is 0 Å². The molecule has 2 aromatic carbocycles. The molecule has 61 valence electrons. The van der Waals surface area contributed by atoms with Crippen molar-refractivity contribution in [3.05, 3.63) is 60.7 Å². The second kappa shape index (κ2) is 5.38. The van der Waals surface area contributed by atoms with Crippen molar-refractivity contribution in [2.45, 2.75) is 0 Å². The summed E-state index contributed by atoms with van der Waals surface area (Å²) in [5.74, 6) is 0. The summed E-state index contributed by atoms with van der Waals surface area (Å²) in [5.41, 5.74) is 2.47. The van der Waals surface area contributed by atoms with Gasteiger partial charge in [0.25, 0.3) is 0 Å². The van der Waals surface area contributed by atoms with Gasteiger partial charge in [0.15, 0.2) is 0 Å². The van der Waals surface area contributed by atoms with Crippen molar-refractivity contribution in [1.82, 2.24) is 0 Å². The molecular weight excluding hydrogens is 283 g/mol. The van der Waals surface area contributed by atoms with Crippen LogP contribution in [0.4, 0.5) is 0 Å². The van der Waals surface area contributed by atoms with Crippen LogP contribution in [0.5, 0.6) is 0 Å². The third-order valence-corrected chi connectivity index (χ3v) is 1.81. The molecule has 1 heteroatoms. The van der Waals surface area contributed by atoms with E-state index in [1.165, 1.54) is 11.1 Å². The van der Waals surface area contributed by atoms with Crippen LogP contribution < -0.4 is 0 Å². The first-order chi connectivity index (χ1) is 5.97. The van der Waals surface area contributed by atoms with Crippen molar-refractivity contribution >= 4 is 0 Å². The smallest absolute Gasteiger partial charge is 0 e. The fraction of sp³-hybridized carbons (Fsp3) is 0. The van der Waals surface area contributed by atoms with Crippen LogP contribution in [0.1, 0.15) is 0 Å². The Labute approximate surface area is 107 Å². The Bertz CT molecular complexity index is 303. The third-order valence-electron chi connectivity index (χ3n) is 1.81. The number of hydrogen-bond acceptors (Lipinski definition) is 0. The van der Waals surface area contributed by atoms with Gasteiger partial charge in [0.1, 0.15) is 0 Å². The summed E-state index contributed by atoms with van der Waals surface area (Å²) in [6.07, 6.45) is 0. The predicted molar refractivity (Wildman–Crippen MR) is 50.7 cm³/mol. The molecule has 0 aromatic heterocycles. The average Bonchev–Trinajstić information content (AvgIpc) is 2.21. The van der Waals surface area contributed by atoms with Gasteiger partial charge in [-0.3, -0.25) is 0 Å². The summed E-state index contributed by atoms with van der Waals surface area (Å²) in [7, 11) is 0. The molecule has 0 atom stereocenters.